The van der Waals surface area contributed by atoms with Crippen LogP contribution in [0.4, 0.5) is 5.82 Å². The van der Waals surface area contributed by atoms with Crippen molar-refractivity contribution in [3.63, 3.8) is 0 Å². The molecule has 1 saturated carbocycles. The second-order valence-electron chi connectivity index (χ2n) is 6.26. The van der Waals surface area contributed by atoms with Gasteiger partial charge in [-0.05, 0) is 37.2 Å². The SMILES string of the molecule is COc1ccc(OC)c(-n2c(N)c(C(=O)NC3CCCCC3)sc2=S)c1. The molecule has 3 rings (SSSR count). The molecule has 140 valence electrons. The summed E-state index contributed by atoms with van der Waals surface area (Å²) in [5, 5.41) is 3.10. The van der Waals surface area contributed by atoms with E-state index in [2.05, 4.69) is 5.32 Å². The van der Waals surface area contributed by atoms with E-state index in [0.717, 1.165) is 25.7 Å². The summed E-state index contributed by atoms with van der Waals surface area (Å²) in [6.45, 7) is 0. The molecule has 1 amide bonds. The van der Waals surface area contributed by atoms with Crippen molar-refractivity contribution in [2.75, 3.05) is 20.0 Å². The van der Waals surface area contributed by atoms with Gasteiger partial charge < -0.3 is 20.5 Å². The molecule has 1 aromatic carbocycles. The van der Waals surface area contributed by atoms with Crippen LogP contribution in [0, 0.1) is 3.95 Å². The maximum atomic E-state index is 12.7. The van der Waals surface area contributed by atoms with Crippen molar-refractivity contribution in [2.24, 2.45) is 0 Å². The second-order valence-corrected chi connectivity index (χ2v) is 7.91. The van der Waals surface area contributed by atoms with Crippen molar-refractivity contribution < 1.29 is 14.3 Å². The lowest BCUT2D eigenvalue weighted by Crippen LogP contribution is -2.36. The van der Waals surface area contributed by atoms with Gasteiger partial charge in [0.05, 0.1) is 19.9 Å². The zero-order chi connectivity index (χ0) is 18.7. The van der Waals surface area contributed by atoms with Crippen LogP contribution in [0.2, 0.25) is 0 Å². The first-order valence-electron chi connectivity index (χ1n) is 8.59. The number of carbonyl (C=O) groups is 1. The van der Waals surface area contributed by atoms with Gasteiger partial charge in [0.2, 0.25) is 0 Å². The average molecular weight is 394 g/mol. The summed E-state index contributed by atoms with van der Waals surface area (Å²) in [5.74, 6) is 1.41. The number of methoxy groups -OCH3 is 2. The highest BCUT2D eigenvalue weighted by Crippen LogP contribution is 2.34. The molecule has 1 aromatic heterocycles. The molecule has 1 heterocycles. The first-order chi connectivity index (χ1) is 12.5. The summed E-state index contributed by atoms with van der Waals surface area (Å²) in [6.07, 6.45) is 5.57. The molecular weight excluding hydrogens is 370 g/mol. The molecular formula is C18H23N3O3S2. The van der Waals surface area contributed by atoms with Crippen LogP contribution >= 0.6 is 23.6 Å². The van der Waals surface area contributed by atoms with Crippen molar-refractivity contribution in [1.82, 2.24) is 9.88 Å². The van der Waals surface area contributed by atoms with Crippen LogP contribution in [0.3, 0.4) is 0 Å². The summed E-state index contributed by atoms with van der Waals surface area (Å²) in [7, 11) is 3.17. The summed E-state index contributed by atoms with van der Waals surface area (Å²) < 4.78 is 12.9. The number of ether oxygens (including phenoxy) is 2. The van der Waals surface area contributed by atoms with Gasteiger partial charge in [0.15, 0.2) is 3.95 Å². The van der Waals surface area contributed by atoms with Gasteiger partial charge in [-0.1, -0.05) is 30.6 Å². The maximum absolute atomic E-state index is 12.7. The fourth-order valence-corrected chi connectivity index (χ4v) is 4.50. The van der Waals surface area contributed by atoms with Gasteiger partial charge in [-0.3, -0.25) is 9.36 Å². The highest BCUT2D eigenvalue weighted by Gasteiger charge is 2.23. The Bertz CT molecular complexity index is 854. The highest BCUT2D eigenvalue weighted by atomic mass is 32.1. The normalized spacial score (nSPS) is 14.8. The van der Waals surface area contributed by atoms with E-state index in [1.807, 2.05) is 0 Å². The predicted molar refractivity (Wildman–Crippen MR) is 106 cm³/mol. The van der Waals surface area contributed by atoms with Crippen molar-refractivity contribution in [3.8, 4) is 17.2 Å². The molecule has 3 N–H and O–H groups in total. The Labute approximate surface area is 161 Å². The third-order valence-corrected chi connectivity index (χ3v) is 6.01. The van der Waals surface area contributed by atoms with Gasteiger partial charge in [-0.2, -0.15) is 0 Å². The summed E-state index contributed by atoms with van der Waals surface area (Å²) >= 11 is 6.69. The van der Waals surface area contributed by atoms with Gasteiger partial charge in [0, 0.05) is 12.1 Å². The van der Waals surface area contributed by atoms with Crippen molar-refractivity contribution in [3.05, 3.63) is 27.0 Å². The average Bonchev–Trinajstić information content (AvgIpc) is 2.96. The number of nitrogen functional groups attached to an aromatic ring is 1. The minimum atomic E-state index is -0.161. The number of thiazole rings is 1. The van der Waals surface area contributed by atoms with Crippen LogP contribution in [0.1, 0.15) is 41.8 Å². The fourth-order valence-electron chi connectivity index (χ4n) is 3.25. The molecule has 2 aromatic rings. The van der Waals surface area contributed by atoms with E-state index in [9.17, 15) is 4.79 Å². The van der Waals surface area contributed by atoms with E-state index in [0.29, 0.717) is 31.8 Å². The molecule has 0 bridgehead atoms. The minimum absolute atomic E-state index is 0.161. The number of hydrogen-bond donors (Lipinski definition) is 2. The predicted octanol–water partition coefficient (Wildman–Crippen LogP) is 3.93. The van der Waals surface area contributed by atoms with E-state index in [1.165, 1.54) is 17.8 Å². The zero-order valence-corrected chi connectivity index (χ0v) is 16.5. The summed E-state index contributed by atoms with van der Waals surface area (Å²) in [5.41, 5.74) is 6.96. The third kappa shape index (κ3) is 3.71. The molecule has 1 aliphatic carbocycles. The lowest BCUT2D eigenvalue weighted by atomic mass is 9.95. The van der Waals surface area contributed by atoms with Gasteiger partial charge in [-0.25, -0.2) is 0 Å². The standard InChI is InChI=1S/C18H23N3O3S2/c1-23-12-8-9-14(24-2)13(10-12)21-16(19)15(26-18(21)25)17(22)20-11-6-4-3-5-7-11/h8-11H,3-7,19H2,1-2H3,(H,20,22). The van der Waals surface area contributed by atoms with Crippen LogP contribution in [0.15, 0.2) is 18.2 Å². The Morgan fingerprint density at radius 1 is 1.27 bits per heavy atom. The van der Waals surface area contributed by atoms with Gasteiger partial charge >= 0.3 is 0 Å². The Morgan fingerprint density at radius 2 is 2.00 bits per heavy atom. The lowest BCUT2D eigenvalue weighted by molar-refractivity contribution is 0.0932. The van der Waals surface area contributed by atoms with Gasteiger partial charge in [-0.15, -0.1) is 0 Å². The summed E-state index contributed by atoms with van der Waals surface area (Å²) in [6, 6.07) is 5.59. The number of amides is 1. The van der Waals surface area contributed by atoms with E-state index in [-0.39, 0.29) is 11.9 Å². The number of nitrogens with two attached hydrogens (primary N) is 1. The number of rotatable bonds is 5. The maximum Gasteiger partial charge on any atom is 0.265 e. The van der Waals surface area contributed by atoms with E-state index in [4.69, 9.17) is 27.4 Å². The molecule has 0 radical (unpaired) electrons. The van der Waals surface area contributed by atoms with Crippen LogP contribution in [-0.4, -0.2) is 30.7 Å². The molecule has 8 heteroatoms. The molecule has 0 atom stereocenters. The lowest BCUT2D eigenvalue weighted by Gasteiger charge is -2.22. The Hall–Kier alpha value is -2.06. The zero-order valence-electron chi connectivity index (χ0n) is 14.9. The topological polar surface area (TPSA) is 78.5 Å². The monoisotopic (exact) mass is 393 g/mol. The number of benzene rings is 1. The molecule has 0 aliphatic heterocycles. The van der Waals surface area contributed by atoms with E-state index >= 15 is 0 Å². The van der Waals surface area contributed by atoms with Crippen LogP contribution < -0.4 is 20.5 Å². The number of carbonyl (C=O) groups excluding carboxylic acids is 1. The van der Waals surface area contributed by atoms with Crippen molar-refractivity contribution in [2.45, 2.75) is 38.1 Å². The fraction of sp³-hybridized carbons (Fsp3) is 0.444. The van der Waals surface area contributed by atoms with E-state index < -0.39 is 0 Å². The molecule has 1 aliphatic rings. The van der Waals surface area contributed by atoms with Crippen LogP contribution in [0.25, 0.3) is 5.69 Å². The van der Waals surface area contributed by atoms with Crippen molar-refractivity contribution in [1.29, 1.82) is 0 Å². The Morgan fingerprint density at radius 3 is 2.65 bits per heavy atom. The molecule has 26 heavy (non-hydrogen) atoms. The number of nitrogens with one attached hydrogen (secondary N) is 1. The smallest absolute Gasteiger partial charge is 0.265 e. The summed E-state index contributed by atoms with van der Waals surface area (Å²) in [4.78, 5) is 13.1. The van der Waals surface area contributed by atoms with E-state index in [1.54, 1.807) is 37.0 Å². The first kappa shape index (κ1) is 18.7. The number of nitrogens with zero attached hydrogens (tertiary/aromatic N) is 1. The molecule has 0 unspecified atom stereocenters. The largest absolute Gasteiger partial charge is 0.497 e. The van der Waals surface area contributed by atoms with Crippen LogP contribution in [0.5, 0.6) is 11.5 Å². The molecule has 6 nitrogen and oxygen atoms in total. The first-order valence-corrected chi connectivity index (χ1v) is 9.82. The minimum Gasteiger partial charge on any atom is -0.497 e. The highest BCUT2D eigenvalue weighted by molar-refractivity contribution is 7.73. The van der Waals surface area contributed by atoms with Crippen LogP contribution in [-0.2, 0) is 0 Å². The Kier molecular flexibility index (Phi) is 5.83. The quantitative estimate of drug-likeness (QED) is 0.753. The number of aromatic nitrogens is 1. The number of anilines is 1. The van der Waals surface area contributed by atoms with Gasteiger partial charge in [0.1, 0.15) is 22.2 Å². The molecule has 0 spiro atoms. The Balaban J connectivity index is 1.96. The molecule has 0 saturated heterocycles. The van der Waals surface area contributed by atoms with Crippen molar-refractivity contribution >= 4 is 35.3 Å². The molecule has 1 fully saturated rings. The third-order valence-electron chi connectivity index (χ3n) is 4.62. The van der Waals surface area contributed by atoms with Gasteiger partial charge in [0.25, 0.3) is 5.91 Å². The number of hydrogen-bond acceptors (Lipinski definition) is 6. The second kappa shape index (κ2) is 8.09.